The smallest absolute Gasteiger partial charge is 0.222 e. The first kappa shape index (κ1) is 17.5. The predicted octanol–water partition coefficient (Wildman–Crippen LogP) is 1.55. The number of ether oxygens (including phenoxy) is 2. The molecule has 0 radical (unpaired) electrons. The highest BCUT2D eigenvalue weighted by Gasteiger charge is 2.14. The Kier molecular flexibility index (Phi) is 7.19. The summed E-state index contributed by atoms with van der Waals surface area (Å²) in [6, 6.07) is 5.94. The Bertz CT molecular complexity index is 439. The van der Waals surface area contributed by atoms with Gasteiger partial charge < -0.3 is 20.5 Å². The van der Waals surface area contributed by atoms with Crippen molar-refractivity contribution in [3.63, 3.8) is 0 Å². The van der Waals surface area contributed by atoms with Gasteiger partial charge in [-0.25, -0.2) is 0 Å². The number of para-hydroxylation sites is 1. The van der Waals surface area contributed by atoms with Crippen molar-refractivity contribution in [3.8, 4) is 5.75 Å². The molecule has 0 saturated heterocycles. The van der Waals surface area contributed by atoms with E-state index in [0.29, 0.717) is 13.2 Å². The van der Waals surface area contributed by atoms with Gasteiger partial charge in [-0.1, -0.05) is 18.2 Å². The summed E-state index contributed by atoms with van der Waals surface area (Å²) >= 11 is 0. The van der Waals surface area contributed by atoms with Gasteiger partial charge in [0, 0.05) is 13.7 Å². The number of rotatable bonds is 8. The Morgan fingerprint density at radius 3 is 2.48 bits per heavy atom. The van der Waals surface area contributed by atoms with Gasteiger partial charge in [-0.2, -0.15) is 0 Å². The van der Waals surface area contributed by atoms with E-state index in [-0.39, 0.29) is 24.5 Å². The minimum absolute atomic E-state index is 0.0770. The third-order valence-corrected chi connectivity index (χ3v) is 3.30. The van der Waals surface area contributed by atoms with Crippen LogP contribution in [0.15, 0.2) is 18.2 Å². The Morgan fingerprint density at radius 2 is 1.95 bits per heavy atom. The van der Waals surface area contributed by atoms with E-state index in [1.165, 1.54) is 0 Å². The molecule has 0 saturated carbocycles. The fourth-order valence-electron chi connectivity index (χ4n) is 2.08. The summed E-state index contributed by atoms with van der Waals surface area (Å²) in [5.41, 5.74) is 7.69. The molecule has 5 heteroatoms. The molecular formula is C16H26N2O3. The van der Waals surface area contributed by atoms with Crippen molar-refractivity contribution in [2.24, 2.45) is 5.73 Å². The zero-order valence-electron chi connectivity index (χ0n) is 13.3. The molecule has 0 heterocycles. The highest BCUT2D eigenvalue weighted by molar-refractivity contribution is 5.76. The van der Waals surface area contributed by atoms with Gasteiger partial charge in [0.2, 0.25) is 5.91 Å². The lowest BCUT2D eigenvalue weighted by Gasteiger charge is -2.19. The molecule has 0 aromatic heterocycles. The maximum absolute atomic E-state index is 11.8. The number of aryl methyl sites for hydroxylation is 2. The first-order valence-electron chi connectivity index (χ1n) is 7.19. The first-order valence-corrected chi connectivity index (χ1v) is 7.19. The monoisotopic (exact) mass is 294 g/mol. The van der Waals surface area contributed by atoms with Crippen molar-refractivity contribution >= 4 is 5.91 Å². The second kappa shape index (κ2) is 8.64. The summed E-state index contributed by atoms with van der Waals surface area (Å²) in [5, 5.41) is 2.89. The summed E-state index contributed by atoms with van der Waals surface area (Å²) in [6.45, 7) is 6.69. The van der Waals surface area contributed by atoms with E-state index >= 15 is 0 Å². The molecule has 21 heavy (non-hydrogen) atoms. The predicted molar refractivity (Wildman–Crippen MR) is 83.5 cm³/mol. The van der Waals surface area contributed by atoms with Crippen molar-refractivity contribution < 1.29 is 14.3 Å². The van der Waals surface area contributed by atoms with Crippen LogP contribution in [0.1, 0.15) is 24.5 Å². The van der Waals surface area contributed by atoms with Crippen LogP contribution in [0.2, 0.25) is 0 Å². The summed E-state index contributed by atoms with van der Waals surface area (Å²) < 4.78 is 10.9. The molecule has 0 spiro atoms. The quantitative estimate of drug-likeness (QED) is 0.763. The van der Waals surface area contributed by atoms with E-state index in [1.807, 2.05) is 39.0 Å². The number of benzene rings is 1. The molecule has 0 fully saturated rings. The number of carbonyl (C=O) groups is 1. The minimum atomic E-state index is -0.239. The summed E-state index contributed by atoms with van der Waals surface area (Å²) in [7, 11) is 1.55. The molecule has 3 N–H and O–H groups in total. The normalized spacial score (nSPS) is 13.6. The van der Waals surface area contributed by atoms with Gasteiger partial charge in [0.25, 0.3) is 0 Å². The Labute approximate surface area is 126 Å². The maximum Gasteiger partial charge on any atom is 0.222 e. The van der Waals surface area contributed by atoms with Gasteiger partial charge in [0.1, 0.15) is 12.4 Å². The number of methoxy groups -OCH3 is 1. The van der Waals surface area contributed by atoms with Crippen LogP contribution in [0, 0.1) is 13.8 Å². The van der Waals surface area contributed by atoms with E-state index in [1.54, 1.807) is 7.11 Å². The lowest BCUT2D eigenvalue weighted by molar-refractivity contribution is -0.124. The van der Waals surface area contributed by atoms with Crippen LogP contribution in [0.5, 0.6) is 5.75 Å². The summed E-state index contributed by atoms with van der Waals surface area (Å²) in [4.78, 5) is 11.8. The molecule has 0 aliphatic heterocycles. The Balaban J connectivity index is 2.44. The number of hydrogen-bond donors (Lipinski definition) is 2. The van der Waals surface area contributed by atoms with E-state index in [9.17, 15) is 4.79 Å². The van der Waals surface area contributed by atoms with Crippen molar-refractivity contribution in [1.82, 2.24) is 5.32 Å². The molecule has 1 aromatic rings. The fourth-order valence-corrected chi connectivity index (χ4v) is 2.08. The lowest BCUT2D eigenvalue weighted by Crippen LogP contribution is -2.39. The fraction of sp³-hybridized carbons (Fsp3) is 0.562. The second-order valence-electron chi connectivity index (χ2n) is 5.30. The van der Waals surface area contributed by atoms with Crippen molar-refractivity contribution in [1.29, 1.82) is 0 Å². The van der Waals surface area contributed by atoms with Crippen LogP contribution in [0.3, 0.4) is 0 Å². The average Bonchev–Trinajstić information content (AvgIpc) is 2.44. The SMILES string of the molecule is COC(CN)CC(=O)NC(C)COc1c(C)cccc1C. The van der Waals surface area contributed by atoms with Gasteiger partial charge in [-0.05, 0) is 31.9 Å². The van der Waals surface area contributed by atoms with Crippen LogP contribution in [0.4, 0.5) is 0 Å². The van der Waals surface area contributed by atoms with E-state index < -0.39 is 0 Å². The molecule has 2 atom stereocenters. The molecule has 5 nitrogen and oxygen atoms in total. The second-order valence-corrected chi connectivity index (χ2v) is 5.30. The van der Waals surface area contributed by atoms with Gasteiger partial charge in [-0.15, -0.1) is 0 Å². The number of carbonyl (C=O) groups excluding carboxylic acids is 1. The summed E-state index contributed by atoms with van der Waals surface area (Å²) in [5.74, 6) is 0.806. The van der Waals surface area contributed by atoms with Crippen LogP contribution < -0.4 is 15.8 Å². The number of amides is 1. The molecule has 1 amide bonds. The van der Waals surface area contributed by atoms with Gasteiger partial charge >= 0.3 is 0 Å². The molecule has 0 bridgehead atoms. The molecular weight excluding hydrogens is 268 g/mol. The van der Waals surface area contributed by atoms with Crippen LogP contribution in [-0.2, 0) is 9.53 Å². The third kappa shape index (κ3) is 5.73. The third-order valence-electron chi connectivity index (χ3n) is 3.30. The number of hydrogen-bond acceptors (Lipinski definition) is 4. The van der Waals surface area contributed by atoms with Gasteiger partial charge in [0.15, 0.2) is 0 Å². The van der Waals surface area contributed by atoms with Gasteiger partial charge in [0.05, 0.1) is 18.6 Å². The van der Waals surface area contributed by atoms with Crippen molar-refractivity contribution in [2.45, 2.75) is 39.3 Å². The molecule has 118 valence electrons. The Morgan fingerprint density at radius 1 is 1.33 bits per heavy atom. The molecule has 1 rings (SSSR count). The van der Waals surface area contributed by atoms with Crippen LogP contribution >= 0.6 is 0 Å². The standard InChI is InChI=1S/C16H26N2O3/c1-11-6-5-7-12(2)16(11)21-10-13(3)18-15(19)8-14(9-17)20-4/h5-7,13-14H,8-10,17H2,1-4H3,(H,18,19). The van der Waals surface area contributed by atoms with Crippen LogP contribution in [0.25, 0.3) is 0 Å². The van der Waals surface area contributed by atoms with E-state index in [2.05, 4.69) is 5.32 Å². The van der Waals surface area contributed by atoms with E-state index in [4.69, 9.17) is 15.2 Å². The topological polar surface area (TPSA) is 73.6 Å². The molecule has 1 aromatic carbocycles. The summed E-state index contributed by atoms with van der Waals surface area (Å²) in [6.07, 6.45) is 0.0255. The Hall–Kier alpha value is -1.59. The lowest BCUT2D eigenvalue weighted by atomic mass is 10.1. The highest BCUT2D eigenvalue weighted by Crippen LogP contribution is 2.22. The van der Waals surface area contributed by atoms with Crippen LogP contribution in [-0.4, -0.2) is 38.3 Å². The van der Waals surface area contributed by atoms with Crippen molar-refractivity contribution in [3.05, 3.63) is 29.3 Å². The number of nitrogens with two attached hydrogens (primary N) is 1. The molecule has 2 unspecified atom stereocenters. The molecule has 0 aliphatic carbocycles. The maximum atomic E-state index is 11.8. The number of nitrogens with one attached hydrogen (secondary N) is 1. The first-order chi connectivity index (χ1) is 9.97. The van der Waals surface area contributed by atoms with E-state index in [0.717, 1.165) is 16.9 Å². The molecule has 0 aliphatic rings. The zero-order valence-corrected chi connectivity index (χ0v) is 13.3. The van der Waals surface area contributed by atoms with Gasteiger partial charge in [-0.3, -0.25) is 4.79 Å². The minimum Gasteiger partial charge on any atom is -0.491 e. The highest BCUT2D eigenvalue weighted by atomic mass is 16.5. The zero-order chi connectivity index (χ0) is 15.8. The largest absolute Gasteiger partial charge is 0.491 e. The average molecular weight is 294 g/mol. The van der Waals surface area contributed by atoms with Crippen molar-refractivity contribution in [2.75, 3.05) is 20.3 Å².